The second-order valence-corrected chi connectivity index (χ2v) is 5.47. The number of carbonyl (C=O) groups excluding carboxylic acids is 2. The second-order valence-electron chi connectivity index (χ2n) is 5.06. The van der Waals surface area contributed by atoms with Gasteiger partial charge in [-0.1, -0.05) is 29.8 Å². The molecule has 2 N–H and O–H groups in total. The van der Waals surface area contributed by atoms with Crippen molar-refractivity contribution in [1.82, 2.24) is 15.5 Å². The lowest BCUT2D eigenvalue weighted by atomic mass is 10.1. The molecule has 0 aliphatic carbocycles. The van der Waals surface area contributed by atoms with E-state index in [2.05, 4.69) is 15.5 Å². The third-order valence-electron chi connectivity index (χ3n) is 3.54. The third-order valence-corrected chi connectivity index (χ3v) is 3.88. The molecule has 0 aromatic heterocycles. The number of hydrogen-bond acceptors (Lipinski definition) is 4. The van der Waals surface area contributed by atoms with Gasteiger partial charge in [0.25, 0.3) is 0 Å². The Labute approximate surface area is 134 Å². The van der Waals surface area contributed by atoms with Gasteiger partial charge < -0.3 is 10.1 Å². The zero-order valence-corrected chi connectivity index (χ0v) is 13.2. The minimum absolute atomic E-state index is 0.0931. The van der Waals surface area contributed by atoms with E-state index >= 15 is 0 Å². The number of morpholine rings is 1. The summed E-state index contributed by atoms with van der Waals surface area (Å²) in [5, 5.41) is 5.29. The van der Waals surface area contributed by atoms with Crippen molar-refractivity contribution in [2.45, 2.75) is 12.5 Å². The van der Waals surface area contributed by atoms with Gasteiger partial charge >= 0.3 is 6.03 Å². The smallest absolute Gasteiger partial charge is 0.321 e. The molecule has 0 unspecified atom stereocenters. The van der Waals surface area contributed by atoms with Crippen molar-refractivity contribution >= 4 is 23.5 Å². The minimum Gasteiger partial charge on any atom is -0.371 e. The van der Waals surface area contributed by atoms with E-state index in [1.54, 1.807) is 0 Å². The average molecular weight is 326 g/mol. The predicted octanol–water partition coefficient (Wildman–Crippen LogP) is 1.56. The SMILES string of the molecule is CNC(=O)NC(=O)CCN1CCO[C@@H](c2ccccc2Cl)C1. The van der Waals surface area contributed by atoms with E-state index in [9.17, 15) is 9.59 Å². The number of halogens is 1. The molecule has 0 radical (unpaired) electrons. The number of imide groups is 1. The third kappa shape index (κ3) is 4.69. The Kier molecular flexibility index (Phi) is 6.18. The number of hydrogen-bond donors (Lipinski definition) is 2. The quantitative estimate of drug-likeness (QED) is 0.881. The molecular weight excluding hydrogens is 306 g/mol. The maximum Gasteiger partial charge on any atom is 0.321 e. The van der Waals surface area contributed by atoms with Crippen molar-refractivity contribution in [3.63, 3.8) is 0 Å². The Morgan fingerprint density at radius 3 is 2.91 bits per heavy atom. The number of carbonyl (C=O) groups is 2. The Morgan fingerprint density at radius 1 is 1.41 bits per heavy atom. The van der Waals surface area contributed by atoms with Gasteiger partial charge in [-0.3, -0.25) is 15.0 Å². The molecule has 1 aliphatic rings. The van der Waals surface area contributed by atoms with E-state index in [4.69, 9.17) is 16.3 Å². The first-order chi connectivity index (χ1) is 10.6. The van der Waals surface area contributed by atoms with Gasteiger partial charge in [0.2, 0.25) is 5.91 Å². The first-order valence-electron chi connectivity index (χ1n) is 7.20. The van der Waals surface area contributed by atoms with Crippen molar-refractivity contribution in [2.24, 2.45) is 0 Å². The Morgan fingerprint density at radius 2 is 2.18 bits per heavy atom. The molecule has 1 atom stereocenters. The highest BCUT2D eigenvalue weighted by atomic mass is 35.5. The Bertz CT molecular complexity index is 539. The molecule has 1 aliphatic heterocycles. The number of nitrogens with zero attached hydrogens (tertiary/aromatic N) is 1. The zero-order chi connectivity index (χ0) is 15.9. The molecule has 0 bridgehead atoms. The van der Waals surface area contributed by atoms with Crippen LogP contribution in [0.2, 0.25) is 5.02 Å². The van der Waals surface area contributed by atoms with Crippen LogP contribution in [-0.4, -0.2) is 50.1 Å². The fourth-order valence-electron chi connectivity index (χ4n) is 2.34. The van der Waals surface area contributed by atoms with Gasteiger partial charge in [-0.2, -0.15) is 0 Å². The van der Waals surface area contributed by atoms with Crippen LogP contribution in [0, 0.1) is 0 Å². The summed E-state index contributed by atoms with van der Waals surface area (Å²) in [4.78, 5) is 24.8. The zero-order valence-electron chi connectivity index (χ0n) is 12.5. The lowest BCUT2D eigenvalue weighted by molar-refractivity contribution is -0.120. The fraction of sp³-hybridized carbons (Fsp3) is 0.467. The van der Waals surface area contributed by atoms with Gasteiger partial charge in [0.1, 0.15) is 0 Å². The van der Waals surface area contributed by atoms with Crippen LogP contribution >= 0.6 is 11.6 Å². The summed E-state index contributed by atoms with van der Waals surface area (Å²) < 4.78 is 5.77. The number of amides is 3. The number of nitrogens with one attached hydrogen (secondary N) is 2. The molecule has 1 saturated heterocycles. The molecule has 1 fully saturated rings. The summed E-state index contributed by atoms with van der Waals surface area (Å²) in [6.45, 7) is 2.60. The van der Waals surface area contributed by atoms with E-state index in [0.29, 0.717) is 24.7 Å². The highest BCUT2D eigenvalue weighted by Crippen LogP contribution is 2.28. The largest absolute Gasteiger partial charge is 0.371 e. The van der Waals surface area contributed by atoms with Crippen LogP contribution in [0.5, 0.6) is 0 Å². The molecule has 1 heterocycles. The molecule has 0 saturated carbocycles. The van der Waals surface area contributed by atoms with Gasteiger partial charge in [0.15, 0.2) is 0 Å². The summed E-state index contributed by atoms with van der Waals surface area (Å²) in [6, 6.07) is 7.13. The summed E-state index contributed by atoms with van der Waals surface area (Å²) in [5.41, 5.74) is 0.962. The van der Waals surface area contributed by atoms with Crippen LogP contribution in [0.15, 0.2) is 24.3 Å². The highest BCUT2D eigenvalue weighted by molar-refractivity contribution is 6.31. The van der Waals surface area contributed by atoms with Gasteiger partial charge in [0.05, 0.1) is 12.7 Å². The molecule has 1 aromatic carbocycles. The van der Waals surface area contributed by atoms with Gasteiger partial charge in [0, 0.05) is 43.7 Å². The van der Waals surface area contributed by atoms with Gasteiger partial charge in [-0.25, -0.2) is 4.79 Å². The molecule has 22 heavy (non-hydrogen) atoms. The van der Waals surface area contributed by atoms with Crippen molar-refractivity contribution in [2.75, 3.05) is 33.3 Å². The number of benzene rings is 1. The number of rotatable bonds is 4. The normalized spacial score (nSPS) is 18.7. The van der Waals surface area contributed by atoms with Crippen molar-refractivity contribution < 1.29 is 14.3 Å². The maximum absolute atomic E-state index is 11.6. The van der Waals surface area contributed by atoms with Crippen LogP contribution in [0.3, 0.4) is 0 Å². The van der Waals surface area contributed by atoms with Gasteiger partial charge in [-0.05, 0) is 6.07 Å². The second kappa shape index (κ2) is 8.12. The first kappa shape index (κ1) is 16.7. The van der Waals surface area contributed by atoms with Gasteiger partial charge in [-0.15, -0.1) is 0 Å². The van der Waals surface area contributed by atoms with Crippen molar-refractivity contribution in [3.8, 4) is 0 Å². The molecule has 7 heteroatoms. The molecule has 3 amide bonds. The molecular formula is C15H20ClN3O3. The lowest BCUT2D eigenvalue weighted by Crippen LogP contribution is -2.42. The maximum atomic E-state index is 11.6. The van der Waals surface area contributed by atoms with Crippen LogP contribution in [0.4, 0.5) is 4.79 Å². The Balaban J connectivity index is 1.85. The van der Waals surface area contributed by atoms with Crippen LogP contribution in [-0.2, 0) is 9.53 Å². The molecule has 0 spiro atoms. The van der Waals surface area contributed by atoms with Crippen molar-refractivity contribution in [1.29, 1.82) is 0 Å². The summed E-state index contributed by atoms with van der Waals surface area (Å²) in [7, 11) is 1.47. The van der Waals surface area contributed by atoms with Crippen molar-refractivity contribution in [3.05, 3.63) is 34.9 Å². The highest BCUT2D eigenvalue weighted by Gasteiger charge is 2.23. The topological polar surface area (TPSA) is 70.7 Å². The van der Waals surface area contributed by atoms with E-state index < -0.39 is 6.03 Å². The van der Waals surface area contributed by atoms with Crippen LogP contribution in [0.25, 0.3) is 0 Å². The summed E-state index contributed by atoms with van der Waals surface area (Å²) in [5.74, 6) is -0.292. The summed E-state index contributed by atoms with van der Waals surface area (Å²) in [6.07, 6.45) is 0.173. The van der Waals surface area contributed by atoms with E-state index in [0.717, 1.165) is 12.1 Å². The lowest BCUT2D eigenvalue weighted by Gasteiger charge is -2.33. The molecule has 2 rings (SSSR count). The average Bonchev–Trinajstić information content (AvgIpc) is 2.53. The van der Waals surface area contributed by atoms with Crippen LogP contribution < -0.4 is 10.6 Å². The van der Waals surface area contributed by atoms with E-state index in [-0.39, 0.29) is 18.4 Å². The van der Waals surface area contributed by atoms with E-state index in [1.807, 2.05) is 24.3 Å². The number of ether oxygens (including phenoxy) is 1. The molecule has 120 valence electrons. The first-order valence-corrected chi connectivity index (χ1v) is 7.58. The minimum atomic E-state index is -0.485. The molecule has 6 nitrogen and oxygen atoms in total. The van der Waals surface area contributed by atoms with E-state index in [1.165, 1.54) is 7.05 Å². The predicted molar refractivity (Wildman–Crippen MR) is 83.8 cm³/mol. The Hall–Kier alpha value is -1.63. The standard InChI is InChI=1S/C15H20ClN3O3/c1-17-15(21)18-14(20)6-7-19-8-9-22-13(10-19)11-4-2-3-5-12(11)16/h2-5,13H,6-10H2,1H3,(H2,17,18,20,21)/t13-/m1/s1. The summed E-state index contributed by atoms with van der Waals surface area (Å²) >= 11 is 6.20. The molecule has 1 aromatic rings. The fourth-order valence-corrected chi connectivity index (χ4v) is 2.60. The monoisotopic (exact) mass is 325 g/mol. The number of urea groups is 1. The van der Waals surface area contributed by atoms with Crippen LogP contribution in [0.1, 0.15) is 18.1 Å².